The summed E-state index contributed by atoms with van der Waals surface area (Å²) in [6.07, 6.45) is 6.20. The van der Waals surface area contributed by atoms with Crippen molar-refractivity contribution in [1.29, 1.82) is 0 Å². The summed E-state index contributed by atoms with van der Waals surface area (Å²) < 4.78 is 37.8. The first-order chi connectivity index (χ1) is 13.8. The van der Waals surface area contributed by atoms with Crippen LogP contribution in [-0.2, 0) is 14.8 Å². The zero-order chi connectivity index (χ0) is 20.6. The molecule has 0 N–H and O–H groups in total. The zero-order valence-corrected chi connectivity index (χ0v) is 18.0. The molecule has 0 radical (unpaired) electrons. The van der Waals surface area contributed by atoms with E-state index < -0.39 is 10.0 Å². The SMILES string of the molecule is COc1ccc(C(=O)N2CCC3(CC2)CC(N(C2CC2)S(C)(=O)=O)CCO3)cc1. The first kappa shape index (κ1) is 20.6. The third-order valence-corrected chi connectivity index (χ3v) is 7.78. The smallest absolute Gasteiger partial charge is 0.253 e. The van der Waals surface area contributed by atoms with Crippen LogP contribution in [0.4, 0.5) is 0 Å². The van der Waals surface area contributed by atoms with Crippen molar-refractivity contribution in [3.8, 4) is 5.75 Å². The standard InChI is InChI=1S/C21H30N2O5S/c1-27-19-7-3-16(4-8-19)20(24)22-12-10-21(11-13-22)15-18(9-14-28-21)23(17-5-6-17)29(2,25)26/h3-4,7-8,17-18H,5-6,9-15H2,1-2H3. The van der Waals surface area contributed by atoms with Gasteiger partial charge in [0.05, 0.1) is 19.0 Å². The summed E-state index contributed by atoms with van der Waals surface area (Å²) >= 11 is 0. The second-order valence-corrected chi connectivity index (χ2v) is 10.4. The number of carbonyl (C=O) groups is 1. The summed E-state index contributed by atoms with van der Waals surface area (Å²) in [5.41, 5.74) is 0.332. The number of methoxy groups -OCH3 is 1. The highest BCUT2D eigenvalue weighted by atomic mass is 32.2. The Balaban J connectivity index is 1.40. The number of hydrogen-bond donors (Lipinski definition) is 0. The highest BCUT2D eigenvalue weighted by Gasteiger charge is 2.47. The minimum Gasteiger partial charge on any atom is -0.497 e. The van der Waals surface area contributed by atoms with Crippen molar-refractivity contribution < 1.29 is 22.7 Å². The summed E-state index contributed by atoms with van der Waals surface area (Å²) in [7, 11) is -1.62. The zero-order valence-electron chi connectivity index (χ0n) is 17.2. The Labute approximate surface area is 173 Å². The fourth-order valence-electron chi connectivity index (χ4n) is 4.77. The molecule has 0 bridgehead atoms. The third-order valence-electron chi connectivity index (χ3n) is 6.42. The van der Waals surface area contributed by atoms with Crippen molar-refractivity contribution in [1.82, 2.24) is 9.21 Å². The topological polar surface area (TPSA) is 76.2 Å². The summed E-state index contributed by atoms with van der Waals surface area (Å²) in [4.78, 5) is 14.7. The Morgan fingerprint density at radius 3 is 2.34 bits per heavy atom. The van der Waals surface area contributed by atoms with Gasteiger partial charge in [0.2, 0.25) is 10.0 Å². The maximum atomic E-state index is 12.8. The highest BCUT2D eigenvalue weighted by Crippen LogP contribution is 2.41. The molecule has 1 aromatic rings. The average Bonchev–Trinajstić information content (AvgIpc) is 3.52. The molecule has 3 fully saturated rings. The van der Waals surface area contributed by atoms with Crippen LogP contribution in [0.25, 0.3) is 0 Å². The molecule has 3 aliphatic rings. The average molecular weight is 423 g/mol. The molecule has 1 unspecified atom stereocenters. The Morgan fingerprint density at radius 1 is 1.14 bits per heavy atom. The van der Waals surface area contributed by atoms with Crippen LogP contribution in [0.5, 0.6) is 5.75 Å². The van der Waals surface area contributed by atoms with Gasteiger partial charge in [0.15, 0.2) is 0 Å². The number of likely N-dealkylation sites (tertiary alicyclic amines) is 1. The van der Waals surface area contributed by atoms with Gasteiger partial charge in [0, 0.05) is 37.3 Å². The number of carbonyl (C=O) groups excluding carboxylic acids is 1. The van der Waals surface area contributed by atoms with Gasteiger partial charge in [-0.15, -0.1) is 0 Å². The number of hydrogen-bond acceptors (Lipinski definition) is 5. The van der Waals surface area contributed by atoms with E-state index in [4.69, 9.17) is 9.47 Å². The second kappa shape index (κ2) is 7.89. The van der Waals surface area contributed by atoms with Gasteiger partial charge in [-0.25, -0.2) is 8.42 Å². The molecule has 2 aliphatic heterocycles. The van der Waals surface area contributed by atoms with Crippen molar-refractivity contribution in [2.24, 2.45) is 0 Å². The van der Waals surface area contributed by atoms with Crippen LogP contribution in [0.3, 0.4) is 0 Å². The molecule has 1 aliphatic carbocycles. The van der Waals surface area contributed by atoms with Crippen molar-refractivity contribution in [3.05, 3.63) is 29.8 Å². The lowest BCUT2D eigenvalue weighted by atomic mass is 9.82. The molecule has 4 rings (SSSR count). The van der Waals surface area contributed by atoms with E-state index in [2.05, 4.69) is 0 Å². The van der Waals surface area contributed by atoms with Crippen LogP contribution in [0.2, 0.25) is 0 Å². The molecule has 1 atom stereocenters. The highest BCUT2D eigenvalue weighted by molar-refractivity contribution is 7.88. The Kier molecular flexibility index (Phi) is 5.61. The number of rotatable bonds is 5. The molecule has 2 saturated heterocycles. The lowest BCUT2D eigenvalue weighted by molar-refractivity contribution is -0.123. The van der Waals surface area contributed by atoms with Crippen LogP contribution in [0.1, 0.15) is 48.9 Å². The van der Waals surface area contributed by atoms with E-state index in [-0.39, 0.29) is 23.6 Å². The molecule has 160 valence electrons. The molecule has 8 heteroatoms. The minimum atomic E-state index is -3.22. The van der Waals surface area contributed by atoms with Gasteiger partial charge >= 0.3 is 0 Å². The summed E-state index contributed by atoms with van der Waals surface area (Å²) in [5.74, 6) is 0.748. The molecule has 1 amide bonds. The normalized spacial score (nSPS) is 24.7. The summed E-state index contributed by atoms with van der Waals surface area (Å²) in [6.45, 7) is 1.83. The van der Waals surface area contributed by atoms with Crippen molar-refractivity contribution in [2.45, 2.75) is 56.2 Å². The van der Waals surface area contributed by atoms with Crippen molar-refractivity contribution in [2.75, 3.05) is 33.1 Å². The number of ether oxygens (including phenoxy) is 2. The van der Waals surface area contributed by atoms with Gasteiger partial charge in [-0.1, -0.05) is 0 Å². The number of amides is 1. The fourth-order valence-corrected chi connectivity index (χ4v) is 6.24. The van der Waals surface area contributed by atoms with Crippen molar-refractivity contribution >= 4 is 15.9 Å². The molecular weight excluding hydrogens is 392 g/mol. The monoisotopic (exact) mass is 422 g/mol. The summed E-state index contributed by atoms with van der Waals surface area (Å²) in [5, 5.41) is 0. The van der Waals surface area contributed by atoms with E-state index in [1.54, 1.807) is 35.7 Å². The Hall–Kier alpha value is -1.64. The van der Waals surface area contributed by atoms with Gasteiger partial charge in [0.25, 0.3) is 5.91 Å². The maximum Gasteiger partial charge on any atom is 0.253 e. The molecule has 1 aromatic carbocycles. The lowest BCUT2D eigenvalue weighted by Crippen LogP contribution is -2.55. The van der Waals surface area contributed by atoms with E-state index in [0.29, 0.717) is 25.3 Å². The van der Waals surface area contributed by atoms with Gasteiger partial charge < -0.3 is 14.4 Å². The van der Waals surface area contributed by atoms with Crippen LogP contribution < -0.4 is 4.74 Å². The van der Waals surface area contributed by atoms with Crippen LogP contribution in [0, 0.1) is 0 Å². The van der Waals surface area contributed by atoms with E-state index >= 15 is 0 Å². The number of sulfonamides is 1. The van der Waals surface area contributed by atoms with E-state index in [1.807, 2.05) is 4.90 Å². The first-order valence-corrected chi connectivity index (χ1v) is 12.2. The Morgan fingerprint density at radius 2 is 1.79 bits per heavy atom. The predicted molar refractivity (Wildman–Crippen MR) is 110 cm³/mol. The fraction of sp³-hybridized carbons (Fsp3) is 0.667. The molecule has 2 heterocycles. The number of piperidine rings is 1. The van der Waals surface area contributed by atoms with E-state index in [9.17, 15) is 13.2 Å². The van der Waals surface area contributed by atoms with Crippen LogP contribution >= 0.6 is 0 Å². The predicted octanol–water partition coefficient (Wildman–Crippen LogP) is 2.27. The molecule has 1 spiro atoms. The van der Waals surface area contributed by atoms with Crippen LogP contribution in [-0.4, -0.2) is 74.3 Å². The number of benzene rings is 1. The van der Waals surface area contributed by atoms with E-state index in [0.717, 1.165) is 44.3 Å². The maximum absolute atomic E-state index is 12.8. The molecular formula is C21H30N2O5S. The molecule has 7 nitrogen and oxygen atoms in total. The van der Waals surface area contributed by atoms with Crippen molar-refractivity contribution in [3.63, 3.8) is 0 Å². The van der Waals surface area contributed by atoms with E-state index in [1.165, 1.54) is 6.26 Å². The van der Waals surface area contributed by atoms with Gasteiger partial charge in [0.1, 0.15) is 5.75 Å². The third kappa shape index (κ3) is 4.44. The van der Waals surface area contributed by atoms with Gasteiger partial charge in [-0.3, -0.25) is 4.79 Å². The quantitative estimate of drug-likeness (QED) is 0.728. The van der Waals surface area contributed by atoms with Gasteiger partial charge in [-0.05, 0) is 62.8 Å². The minimum absolute atomic E-state index is 0.00934. The van der Waals surface area contributed by atoms with Gasteiger partial charge in [-0.2, -0.15) is 4.31 Å². The lowest BCUT2D eigenvalue weighted by Gasteiger charge is -2.48. The Bertz CT molecular complexity index is 842. The first-order valence-electron chi connectivity index (χ1n) is 10.4. The van der Waals surface area contributed by atoms with Crippen LogP contribution in [0.15, 0.2) is 24.3 Å². The largest absolute Gasteiger partial charge is 0.497 e. The molecule has 0 aromatic heterocycles. The molecule has 1 saturated carbocycles. The number of nitrogens with zero attached hydrogens (tertiary/aromatic N) is 2. The second-order valence-electron chi connectivity index (χ2n) is 8.52. The molecule has 29 heavy (non-hydrogen) atoms. The summed E-state index contributed by atoms with van der Waals surface area (Å²) in [6, 6.07) is 7.35.